The molecule has 0 aromatic heterocycles. The second-order valence-electron chi connectivity index (χ2n) is 2.44. The Kier molecular flexibility index (Phi) is 2.41. The molecule has 50 valence electrons. The van der Waals surface area contributed by atoms with E-state index in [-0.39, 0.29) is 0 Å². The number of rotatable bonds is 1. The van der Waals surface area contributed by atoms with Gasteiger partial charge >= 0.3 is 0 Å². The molecule has 1 nitrogen and oxygen atoms in total. The SMILES string of the molecule is CSC1CCCC1C#N. The van der Waals surface area contributed by atoms with Gasteiger partial charge in [-0.05, 0) is 19.1 Å². The first-order valence-electron chi connectivity index (χ1n) is 3.31. The van der Waals surface area contributed by atoms with Gasteiger partial charge in [0.05, 0.1) is 12.0 Å². The summed E-state index contributed by atoms with van der Waals surface area (Å²) in [6.45, 7) is 0. The Morgan fingerprint density at radius 2 is 2.33 bits per heavy atom. The van der Waals surface area contributed by atoms with E-state index in [0.29, 0.717) is 11.2 Å². The minimum Gasteiger partial charge on any atom is -0.198 e. The van der Waals surface area contributed by atoms with Crippen LogP contribution in [-0.4, -0.2) is 11.5 Å². The molecule has 2 atom stereocenters. The van der Waals surface area contributed by atoms with Crippen LogP contribution in [0.4, 0.5) is 0 Å². The zero-order valence-corrected chi connectivity index (χ0v) is 6.45. The molecule has 0 spiro atoms. The quantitative estimate of drug-likeness (QED) is 0.558. The van der Waals surface area contributed by atoms with Gasteiger partial charge in [0.25, 0.3) is 0 Å². The molecular weight excluding hydrogens is 130 g/mol. The van der Waals surface area contributed by atoms with Crippen molar-refractivity contribution in [2.75, 3.05) is 6.26 Å². The highest BCUT2D eigenvalue weighted by Gasteiger charge is 2.25. The summed E-state index contributed by atoms with van der Waals surface area (Å²) in [4.78, 5) is 0. The van der Waals surface area contributed by atoms with Crippen LogP contribution in [-0.2, 0) is 0 Å². The fourth-order valence-electron chi connectivity index (χ4n) is 1.36. The normalized spacial score (nSPS) is 34.2. The van der Waals surface area contributed by atoms with Gasteiger partial charge in [-0.15, -0.1) is 0 Å². The third kappa shape index (κ3) is 1.40. The van der Waals surface area contributed by atoms with Crippen molar-refractivity contribution in [2.45, 2.75) is 24.5 Å². The molecule has 0 bridgehead atoms. The van der Waals surface area contributed by atoms with Crippen LogP contribution in [0.25, 0.3) is 0 Å². The molecule has 9 heavy (non-hydrogen) atoms. The molecule has 1 aliphatic carbocycles. The van der Waals surface area contributed by atoms with E-state index in [1.807, 2.05) is 11.8 Å². The zero-order chi connectivity index (χ0) is 6.69. The summed E-state index contributed by atoms with van der Waals surface area (Å²) in [7, 11) is 0. The summed E-state index contributed by atoms with van der Waals surface area (Å²) in [6.07, 6.45) is 5.73. The summed E-state index contributed by atoms with van der Waals surface area (Å²) < 4.78 is 0. The Bertz CT molecular complexity index is 127. The molecular formula is C7H11NS. The fraction of sp³-hybridized carbons (Fsp3) is 0.857. The van der Waals surface area contributed by atoms with Crippen LogP contribution in [0.3, 0.4) is 0 Å². The lowest BCUT2D eigenvalue weighted by atomic mass is 10.1. The van der Waals surface area contributed by atoms with Crippen LogP contribution in [0.2, 0.25) is 0 Å². The number of nitriles is 1. The fourth-order valence-corrected chi connectivity index (χ4v) is 2.28. The van der Waals surface area contributed by atoms with Crippen molar-refractivity contribution >= 4 is 11.8 Å². The van der Waals surface area contributed by atoms with E-state index in [1.165, 1.54) is 12.8 Å². The molecule has 2 unspecified atom stereocenters. The lowest BCUT2D eigenvalue weighted by molar-refractivity contribution is 0.715. The highest BCUT2D eigenvalue weighted by Crippen LogP contribution is 2.32. The van der Waals surface area contributed by atoms with Gasteiger partial charge in [-0.1, -0.05) is 6.42 Å². The first-order valence-corrected chi connectivity index (χ1v) is 4.59. The lowest BCUT2D eigenvalue weighted by Crippen LogP contribution is -2.05. The average molecular weight is 141 g/mol. The number of hydrogen-bond donors (Lipinski definition) is 0. The van der Waals surface area contributed by atoms with Crippen molar-refractivity contribution in [1.29, 1.82) is 5.26 Å². The average Bonchev–Trinajstić information content (AvgIpc) is 2.33. The van der Waals surface area contributed by atoms with Crippen molar-refractivity contribution in [1.82, 2.24) is 0 Å². The van der Waals surface area contributed by atoms with Gasteiger partial charge < -0.3 is 0 Å². The third-order valence-corrected chi connectivity index (χ3v) is 3.09. The van der Waals surface area contributed by atoms with E-state index in [0.717, 1.165) is 6.42 Å². The van der Waals surface area contributed by atoms with Crippen LogP contribution in [0.15, 0.2) is 0 Å². The van der Waals surface area contributed by atoms with Crippen LogP contribution < -0.4 is 0 Å². The number of nitrogens with zero attached hydrogens (tertiary/aromatic N) is 1. The predicted molar refractivity (Wildman–Crippen MR) is 40.3 cm³/mol. The van der Waals surface area contributed by atoms with Crippen LogP contribution in [0, 0.1) is 17.2 Å². The van der Waals surface area contributed by atoms with Gasteiger partial charge in [-0.25, -0.2) is 0 Å². The summed E-state index contributed by atoms with van der Waals surface area (Å²) in [5.74, 6) is 0.347. The van der Waals surface area contributed by atoms with Crippen molar-refractivity contribution in [3.05, 3.63) is 0 Å². The summed E-state index contributed by atoms with van der Waals surface area (Å²) >= 11 is 1.84. The molecule has 0 saturated heterocycles. The summed E-state index contributed by atoms with van der Waals surface area (Å²) in [5.41, 5.74) is 0. The summed E-state index contributed by atoms with van der Waals surface area (Å²) in [5, 5.41) is 9.24. The molecule has 0 heterocycles. The Labute approximate surface area is 60.4 Å². The smallest absolute Gasteiger partial charge is 0.0667 e. The molecule has 0 amide bonds. The highest BCUT2D eigenvalue weighted by atomic mass is 32.2. The van der Waals surface area contributed by atoms with Crippen molar-refractivity contribution in [3.63, 3.8) is 0 Å². The topological polar surface area (TPSA) is 23.8 Å². The van der Waals surface area contributed by atoms with E-state index in [4.69, 9.17) is 5.26 Å². The number of thioether (sulfide) groups is 1. The molecule has 1 saturated carbocycles. The lowest BCUT2D eigenvalue weighted by Gasteiger charge is -2.07. The van der Waals surface area contributed by atoms with Crippen molar-refractivity contribution in [3.8, 4) is 6.07 Å². The first-order chi connectivity index (χ1) is 4.38. The van der Waals surface area contributed by atoms with Crippen molar-refractivity contribution < 1.29 is 0 Å². The van der Waals surface area contributed by atoms with Gasteiger partial charge in [0.15, 0.2) is 0 Å². The van der Waals surface area contributed by atoms with Gasteiger partial charge in [-0.3, -0.25) is 0 Å². The van der Waals surface area contributed by atoms with Crippen LogP contribution in [0.1, 0.15) is 19.3 Å². The minimum absolute atomic E-state index is 0.347. The van der Waals surface area contributed by atoms with Gasteiger partial charge in [0.1, 0.15) is 0 Å². The molecule has 1 fully saturated rings. The first kappa shape index (κ1) is 6.95. The largest absolute Gasteiger partial charge is 0.198 e. The molecule has 0 N–H and O–H groups in total. The van der Waals surface area contributed by atoms with Crippen LogP contribution in [0.5, 0.6) is 0 Å². The summed E-state index contributed by atoms with van der Waals surface area (Å²) in [6, 6.07) is 2.34. The number of hydrogen-bond acceptors (Lipinski definition) is 2. The second kappa shape index (κ2) is 3.12. The molecule has 0 aromatic rings. The van der Waals surface area contributed by atoms with Crippen LogP contribution >= 0.6 is 11.8 Å². The molecule has 1 rings (SSSR count). The van der Waals surface area contributed by atoms with Gasteiger partial charge in [0, 0.05) is 5.25 Å². The monoisotopic (exact) mass is 141 g/mol. The van der Waals surface area contributed by atoms with Gasteiger partial charge in [0.2, 0.25) is 0 Å². The Morgan fingerprint density at radius 1 is 1.56 bits per heavy atom. The maximum Gasteiger partial charge on any atom is 0.0667 e. The molecule has 1 aliphatic rings. The van der Waals surface area contributed by atoms with E-state index < -0.39 is 0 Å². The van der Waals surface area contributed by atoms with Crippen molar-refractivity contribution in [2.24, 2.45) is 5.92 Å². The Balaban J connectivity index is 2.44. The zero-order valence-electron chi connectivity index (χ0n) is 5.63. The maximum absolute atomic E-state index is 8.60. The molecule has 0 radical (unpaired) electrons. The van der Waals surface area contributed by atoms with E-state index in [1.54, 1.807) is 0 Å². The third-order valence-electron chi connectivity index (χ3n) is 1.92. The molecule has 2 heteroatoms. The molecule has 0 aromatic carbocycles. The van der Waals surface area contributed by atoms with E-state index in [9.17, 15) is 0 Å². The Hall–Kier alpha value is -0.160. The Morgan fingerprint density at radius 3 is 2.78 bits per heavy atom. The maximum atomic E-state index is 8.60. The second-order valence-corrected chi connectivity index (χ2v) is 3.52. The van der Waals surface area contributed by atoms with E-state index in [2.05, 4.69) is 12.3 Å². The van der Waals surface area contributed by atoms with Gasteiger partial charge in [-0.2, -0.15) is 17.0 Å². The predicted octanol–water partition coefficient (Wildman–Crippen LogP) is 2.04. The standard InChI is InChI=1S/C7H11NS/c1-9-7-4-2-3-6(7)5-8/h6-7H,2-4H2,1H3. The highest BCUT2D eigenvalue weighted by molar-refractivity contribution is 7.99. The molecule has 0 aliphatic heterocycles. The minimum atomic E-state index is 0.347. The van der Waals surface area contributed by atoms with E-state index >= 15 is 0 Å².